The van der Waals surface area contributed by atoms with Crippen molar-refractivity contribution in [2.45, 2.75) is 13.0 Å². The predicted octanol–water partition coefficient (Wildman–Crippen LogP) is 0.710. The molecule has 0 radical (unpaired) electrons. The molecule has 1 aromatic rings. The Hall–Kier alpha value is -1.69. The molecule has 16 heavy (non-hydrogen) atoms. The van der Waals surface area contributed by atoms with Gasteiger partial charge in [0.2, 0.25) is 0 Å². The number of nitrogens with zero attached hydrogens (tertiary/aromatic N) is 2. The van der Waals surface area contributed by atoms with E-state index in [-0.39, 0.29) is 11.8 Å². The number of carbonyl (C=O) groups is 1. The Morgan fingerprint density at radius 1 is 1.44 bits per heavy atom. The number of methoxy groups -OCH3 is 2. The maximum absolute atomic E-state index is 11.1. The van der Waals surface area contributed by atoms with E-state index >= 15 is 0 Å². The predicted molar refractivity (Wildman–Crippen MR) is 58.3 cm³/mol. The SMILES string of the molecule is COC(=O)c1cnc(NCC(C)OC)cn1. The quantitative estimate of drug-likeness (QED) is 0.744. The van der Waals surface area contributed by atoms with Gasteiger partial charge in [-0.2, -0.15) is 0 Å². The first-order valence-corrected chi connectivity index (χ1v) is 4.84. The van der Waals surface area contributed by atoms with E-state index in [2.05, 4.69) is 20.0 Å². The number of hydrogen-bond donors (Lipinski definition) is 1. The normalized spacial score (nSPS) is 11.9. The molecule has 1 heterocycles. The van der Waals surface area contributed by atoms with Crippen LogP contribution in [0.15, 0.2) is 12.4 Å². The van der Waals surface area contributed by atoms with Crippen molar-refractivity contribution < 1.29 is 14.3 Å². The molecule has 6 heteroatoms. The number of rotatable bonds is 5. The number of esters is 1. The molecule has 0 fully saturated rings. The lowest BCUT2D eigenvalue weighted by Crippen LogP contribution is -2.19. The molecule has 0 aliphatic carbocycles. The summed E-state index contributed by atoms with van der Waals surface area (Å²) in [4.78, 5) is 19.0. The van der Waals surface area contributed by atoms with E-state index in [1.54, 1.807) is 7.11 Å². The van der Waals surface area contributed by atoms with E-state index in [0.717, 1.165) is 0 Å². The van der Waals surface area contributed by atoms with Crippen LogP contribution in [0.3, 0.4) is 0 Å². The number of carbonyl (C=O) groups excluding carboxylic acids is 1. The summed E-state index contributed by atoms with van der Waals surface area (Å²) in [5, 5.41) is 3.03. The highest BCUT2D eigenvalue weighted by molar-refractivity contribution is 5.86. The molecule has 0 spiro atoms. The van der Waals surface area contributed by atoms with Crippen LogP contribution in [-0.2, 0) is 9.47 Å². The summed E-state index contributed by atoms with van der Waals surface area (Å²) in [6.45, 7) is 2.56. The molecule has 0 saturated carbocycles. The third kappa shape index (κ3) is 3.47. The highest BCUT2D eigenvalue weighted by Gasteiger charge is 2.07. The fourth-order valence-electron chi connectivity index (χ4n) is 0.961. The van der Waals surface area contributed by atoms with Crippen molar-refractivity contribution in [2.24, 2.45) is 0 Å². The fourth-order valence-corrected chi connectivity index (χ4v) is 0.961. The van der Waals surface area contributed by atoms with Crippen molar-refractivity contribution >= 4 is 11.8 Å². The van der Waals surface area contributed by atoms with E-state index in [0.29, 0.717) is 12.4 Å². The van der Waals surface area contributed by atoms with Crippen LogP contribution in [-0.4, -0.2) is 42.8 Å². The Kier molecular flexibility index (Phi) is 4.65. The summed E-state index contributed by atoms with van der Waals surface area (Å²) >= 11 is 0. The molecular formula is C10H15N3O3. The number of hydrogen-bond acceptors (Lipinski definition) is 6. The van der Waals surface area contributed by atoms with Crippen molar-refractivity contribution in [2.75, 3.05) is 26.1 Å². The van der Waals surface area contributed by atoms with Gasteiger partial charge in [0.05, 0.1) is 25.6 Å². The highest BCUT2D eigenvalue weighted by atomic mass is 16.5. The fraction of sp³-hybridized carbons (Fsp3) is 0.500. The number of anilines is 1. The molecule has 1 unspecified atom stereocenters. The van der Waals surface area contributed by atoms with Gasteiger partial charge in [0, 0.05) is 13.7 Å². The molecule has 1 aromatic heterocycles. The summed E-state index contributed by atoms with van der Waals surface area (Å²) in [7, 11) is 2.94. The topological polar surface area (TPSA) is 73.3 Å². The van der Waals surface area contributed by atoms with Gasteiger partial charge in [-0.15, -0.1) is 0 Å². The Morgan fingerprint density at radius 3 is 2.69 bits per heavy atom. The lowest BCUT2D eigenvalue weighted by atomic mass is 10.4. The minimum Gasteiger partial charge on any atom is -0.464 e. The van der Waals surface area contributed by atoms with E-state index < -0.39 is 5.97 Å². The van der Waals surface area contributed by atoms with Gasteiger partial charge in [0.15, 0.2) is 5.69 Å². The molecule has 0 amide bonds. The van der Waals surface area contributed by atoms with Crippen LogP contribution in [0, 0.1) is 0 Å². The summed E-state index contributed by atoms with van der Waals surface area (Å²) in [6.07, 6.45) is 2.93. The number of ether oxygens (including phenoxy) is 2. The van der Waals surface area contributed by atoms with Crippen LogP contribution in [0.1, 0.15) is 17.4 Å². The Balaban J connectivity index is 2.54. The van der Waals surface area contributed by atoms with Crippen LogP contribution >= 0.6 is 0 Å². The van der Waals surface area contributed by atoms with Gasteiger partial charge in [-0.25, -0.2) is 14.8 Å². The lowest BCUT2D eigenvalue weighted by molar-refractivity contribution is 0.0593. The van der Waals surface area contributed by atoms with E-state index in [4.69, 9.17) is 4.74 Å². The second-order valence-corrected chi connectivity index (χ2v) is 3.21. The third-order valence-corrected chi connectivity index (χ3v) is 2.02. The first kappa shape index (κ1) is 12.4. The first-order chi connectivity index (χ1) is 7.67. The monoisotopic (exact) mass is 225 g/mol. The molecule has 0 aromatic carbocycles. The van der Waals surface area contributed by atoms with E-state index in [9.17, 15) is 4.79 Å². The average molecular weight is 225 g/mol. The highest BCUT2D eigenvalue weighted by Crippen LogP contribution is 2.02. The van der Waals surface area contributed by atoms with Gasteiger partial charge in [-0.05, 0) is 6.92 Å². The zero-order valence-electron chi connectivity index (χ0n) is 9.56. The molecule has 1 atom stereocenters. The first-order valence-electron chi connectivity index (χ1n) is 4.84. The second-order valence-electron chi connectivity index (χ2n) is 3.21. The summed E-state index contributed by atoms with van der Waals surface area (Å²) < 4.78 is 9.58. The van der Waals surface area contributed by atoms with Crippen LogP contribution < -0.4 is 5.32 Å². The van der Waals surface area contributed by atoms with Gasteiger partial charge in [0.25, 0.3) is 0 Å². The summed E-state index contributed by atoms with van der Waals surface area (Å²) in [5.41, 5.74) is 0.188. The largest absolute Gasteiger partial charge is 0.464 e. The van der Waals surface area contributed by atoms with Crippen LogP contribution in [0.2, 0.25) is 0 Å². The van der Waals surface area contributed by atoms with Gasteiger partial charge < -0.3 is 14.8 Å². The minimum atomic E-state index is -0.496. The molecule has 88 valence electrons. The third-order valence-electron chi connectivity index (χ3n) is 2.02. The standard InChI is InChI=1S/C10H15N3O3/c1-7(15-2)4-12-9-6-11-8(5-13-9)10(14)16-3/h5-7H,4H2,1-3H3,(H,12,13). The number of nitrogens with one attached hydrogen (secondary N) is 1. The molecule has 1 N–H and O–H groups in total. The molecule has 0 aliphatic rings. The zero-order valence-corrected chi connectivity index (χ0v) is 9.56. The van der Waals surface area contributed by atoms with E-state index in [1.807, 2.05) is 6.92 Å². The smallest absolute Gasteiger partial charge is 0.358 e. The zero-order chi connectivity index (χ0) is 12.0. The van der Waals surface area contributed by atoms with Crippen LogP contribution in [0.4, 0.5) is 5.82 Å². The maximum Gasteiger partial charge on any atom is 0.358 e. The van der Waals surface area contributed by atoms with Crippen LogP contribution in [0.25, 0.3) is 0 Å². The maximum atomic E-state index is 11.1. The van der Waals surface area contributed by atoms with Crippen molar-refractivity contribution in [3.63, 3.8) is 0 Å². The Labute approximate surface area is 94.0 Å². The molecule has 0 aliphatic heterocycles. The van der Waals surface area contributed by atoms with Crippen LogP contribution in [0.5, 0.6) is 0 Å². The Bertz CT molecular complexity index is 340. The van der Waals surface area contributed by atoms with E-state index in [1.165, 1.54) is 19.5 Å². The van der Waals surface area contributed by atoms with Crippen molar-refractivity contribution in [1.82, 2.24) is 9.97 Å². The van der Waals surface area contributed by atoms with Crippen molar-refractivity contribution in [3.05, 3.63) is 18.1 Å². The van der Waals surface area contributed by atoms with Gasteiger partial charge in [0.1, 0.15) is 5.82 Å². The van der Waals surface area contributed by atoms with Gasteiger partial charge >= 0.3 is 5.97 Å². The van der Waals surface area contributed by atoms with Gasteiger partial charge in [-0.3, -0.25) is 0 Å². The lowest BCUT2D eigenvalue weighted by Gasteiger charge is -2.10. The summed E-state index contributed by atoms with van der Waals surface area (Å²) in [5.74, 6) is 0.0980. The molecular weight excluding hydrogens is 210 g/mol. The summed E-state index contributed by atoms with van der Waals surface area (Å²) in [6, 6.07) is 0. The van der Waals surface area contributed by atoms with Crippen molar-refractivity contribution in [1.29, 1.82) is 0 Å². The number of aromatic nitrogens is 2. The van der Waals surface area contributed by atoms with Gasteiger partial charge in [-0.1, -0.05) is 0 Å². The Morgan fingerprint density at radius 2 is 2.19 bits per heavy atom. The average Bonchev–Trinajstić information content (AvgIpc) is 2.35. The minimum absolute atomic E-state index is 0.0853. The van der Waals surface area contributed by atoms with Crippen molar-refractivity contribution in [3.8, 4) is 0 Å². The molecule has 6 nitrogen and oxygen atoms in total. The second kappa shape index (κ2) is 6.02. The molecule has 0 saturated heterocycles. The molecule has 0 bridgehead atoms. The molecule has 1 rings (SSSR count).